The first kappa shape index (κ1) is 18.6. The average Bonchev–Trinajstić information content (AvgIpc) is 2.67. The van der Waals surface area contributed by atoms with Crippen molar-refractivity contribution in [1.82, 2.24) is 5.32 Å². The number of fused-ring (bicyclic) bond motifs is 1. The Morgan fingerprint density at radius 2 is 2.00 bits per heavy atom. The van der Waals surface area contributed by atoms with Crippen LogP contribution >= 0.6 is 11.6 Å². The largest absolute Gasteiger partial charge is 0.479 e. The van der Waals surface area contributed by atoms with Gasteiger partial charge >= 0.3 is 0 Å². The van der Waals surface area contributed by atoms with Crippen LogP contribution in [0.25, 0.3) is 0 Å². The predicted molar refractivity (Wildman–Crippen MR) is 106 cm³/mol. The first-order valence-electron chi connectivity index (χ1n) is 9.17. The van der Waals surface area contributed by atoms with E-state index in [9.17, 15) is 4.79 Å². The zero-order chi connectivity index (χ0) is 18.4. The van der Waals surface area contributed by atoms with Gasteiger partial charge < -0.3 is 15.0 Å². The molecular weight excluding hydrogens is 348 g/mol. The summed E-state index contributed by atoms with van der Waals surface area (Å²) in [5.74, 6) is 0.408. The molecule has 0 radical (unpaired) electrons. The van der Waals surface area contributed by atoms with Crippen molar-refractivity contribution in [2.45, 2.75) is 32.3 Å². The first-order valence-corrected chi connectivity index (χ1v) is 9.54. The molecule has 1 amide bonds. The Kier molecular flexibility index (Phi) is 6.40. The normalized spacial score (nSPS) is 14.5. The summed E-state index contributed by atoms with van der Waals surface area (Å²) in [6.45, 7) is 4.39. The molecule has 0 unspecified atom stereocenters. The van der Waals surface area contributed by atoms with Crippen molar-refractivity contribution in [2.24, 2.45) is 0 Å². The molecule has 0 fully saturated rings. The van der Waals surface area contributed by atoms with Crippen LogP contribution in [0.5, 0.6) is 5.75 Å². The molecule has 0 aliphatic carbocycles. The lowest BCUT2D eigenvalue weighted by atomic mass is 10.0. The lowest BCUT2D eigenvalue weighted by Crippen LogP contribution is -2.38. The van der Waals surface area contributed by atoms with Crippen LogP contribution in [0.4, 0.5) is 5.69 Å². The van der Waals surface area contributed by atoms with Crippen molar-refractivity contribution in [1.29, 1.82) is 0 Å². The molecule has 0 aromatic heterocycles. The summed E-state index contributed by atoms with van der Waals surface area (Å²) < 4.78 is 5.65. The van der Waals surface area contributed by atoms with E-state index in [0.717, 1.165) is 25.9 Å². The number of aryl methyl sites for hydroxylation is 1. The Balaban J connectivity index is 1.42. The fraction of sp³-hybridized carbons (Fsp3) is 0.381. The summed E-state index contributed by atoms with van der Waals surface area (Å²) in [4.78, 5) is 14.6. The third-order valence-corrected chi connectivity index (χ3v) is 4.93. The number of rotatable bonds is 7. The third-order valence-electron chi connectivity index (χ3n) is 4.62. The smallest absolute Gasteiger partial charge is 0.260 e. The van der Waals surface area contributed by atoms with Crippen LogP contribution in [0.2, 0.25) is 5.02 Å². The van der Waals surface area contributed by atoms with Crippen LogP contribution in [0.3, 0.4) is 0 Å². The van der Waals surface area contributed by atoms with E-state index >= 15 is 0 Å². The number of nitrogens with one attached hydrogen (secondary N) is 1. The summed E-state index contributed by atoms with van der Waals surface area (Å²) in [5, 5.41) is 3.46. The van der Waals surface area contributed by atoms with Crippen molar-refractivity contribution < 1.29 is 9.53 Å². The molecule has 0 saturated carbocycles. The van der Waals surface area contributed by atoms with Crippen molar-refractivity contribution >= 4 is 23.2 Å². The zero-order valence-corrected chi connectivity index (χ0v) is 15.8. The van der Waals surface area contributed by atoms with E-state index in [2.05, 4.69) is 34.5 Å². The number of carbonyl (C=O) groups is 1. The quantitative estimate of drug-likeness (QED) is 0.745. The summed E-state index contributed by atoms with van der Waals surface area (Å²) in [7, 11) is 0. The second-order valence-electron chi connectivity index (χ2n) is 6.55. The first-order chi connectivity index (χ1) is 12.6. The summed E-state index contributed by atoms with van der Waals surface area (Å²) in [6.07, 6.45) is 2.66. The lowest BCUT2D eigenvalue weighted by Gasteiger charge is -2.31. The molecule has 0 bridgehead atoms. The number of halogens is 1. The highest BCUT2D eigenvalue weighted by Crippen LogP contribution is 2.26. The maximum Gasteiger partial charge on any atom is 0.260 e. The maximum absolute atomic E-state index is 12.2. The van der Waals surface area contributed by atoms with Crippen LogP contribution in [0.15, 0.2) is 48.5 Å². The van der Waals surface area contributed by atoms with E-state index in [0.29, 0.717) is 17.3 Å². The molecule has 5 heteroatoms. The number of para-hydroxylation sites is 2. The van der Waals surface area contributed by atoms with Gasteiger partial charge in [0.1, 0.15) is 5.75 Å². The van der Waals surface area contributed by atoms with Gasteiger partial charge in [-0.1, -0.05) is 41.9 Å². The van der Waals surface area contributed by atoms with Gasteiger partial charge in [0.05, 0.1) is 5.02 Å². The van der Waals surface area contributed by atoms with Crippen LogP contribution in [0.1, 0.15) is 25.3 Å². The Labute approximate surface area is 160 Å². The molecule has 2 aromatic carbocycles. The van der Waals surface area contributed by atoms with Gasteiger partial charge in [-0.05, 0) is 49.9 Å². The number of anilines is 1. The Morgan fingerprint density at radius 3 is 2.85 bits per heavy atom. The fourth-order valence-electron chi connectivity index (χ4n) is 3.25. The molecule has 1 aliphatic rings. The Hall–Kier alpha value is -2.20. The van der Waals surface area contributed by atoms with E-state index in [1.807, 2.05) is 12.1 Å². The molecule has 26 heavy (non-hydrogen) atoms. The second-order valence-corrected chi connectivity index (χ2v) is 6.96. The van der Waals surface area contributed by atoms with Crippen molar-refractivity contribution in [3.05, 3.63) is 59.1 Å². The molecule has 2 aromatic rings. The Morgan fingerprint density at radius 1 is 1.23 bits per heavy atom. The SMILES string of the molecule is C[C@@H](Oc1ccccc1Cl)C(=O)NCCCN1CCCc2ccccc21. The van der Waals surface area contributed by atoms with Gasteiger partial charge in [0.25, 0.3) is 5.91 Å². The van der Waals surface area contributed by atoms with Gasteiger partial charge in [-0.25, -0.2) is 0 Å². The van der Waals surface area contributed by atoms with Gasteiger partial charge in [-0.15, -0.1) is 0 Å². The average molecular weight is 373 g/mol. The summed E-state index contributed by atoms with van der Waals surface area (Å²) in [6, 6.07) is 15.8. The van der Waals surface area contributed by atoms with E-state index in [-0.39, 0.29) is 5.91 Å². The number of hydrogen-bond acceptors (Lipinski definition) is 3. The molecule has 1 atom stereocenters. The van der Waals surface area contributed by atoms with Gasteiger partial charge in [-0.3, -0.25) is 4.79 Å². The Bertz CT molecular complexity index is 750. The van der Waals surface area contributed by atoms with Gasteiger partial charge in [0.15, 0.2) is 6.10 Å². The summed E-state index contributed by atoms with van der Waals surface area (Å²) >= 11 is 6.06. The fourth-order valence-corrected chi connectivity index (χ4v) is 3.43. The minimum absolute atomic E-state index is 0.121. The number of benzene rings is 2. The molecule has 138 valence electrons. The van der Waals surface area contributed by atoms with E-state index < -0.39 is 6.10 Å². The van der Waals surface area contributed by atoms with E-state index in [1.54, 1.807) is 19.1 Å². The van der Waals surface area contributed by atoms with Gasteiger partial charge in [0, 0.05) is 25.3 Å². The predicted octanol–water partition coefficient (Wildman–Crippen LogP) is 4.07. The minimum atomic E-state index is -0.578. The minimum Gasteiger partial charge on any atom is -0.479 e. The van der Waals surface area contributed by atoms with Crippen LogP contribution in [0, 0.1) is 0 Å². The van der Waals surface area contributed by atoms with Crippen LogP contribution < -0.4 is 15.0 Å². The second kappa shape index (κ2) is 8.95. The molecule has 4 nitrogen and oxygen atoms in total. The van der Waals surface area contributed by atoms with E-state index in [1.165, 1.54) is 17.7 Å². The zero-order valence-electron chi connectivity index (χ0n) is 15.1. The van der Waals surface area contributed by atoms with Gasteiger partial charge in [0.2, 0.25) is 0 Å². The molecule has 3 rings (SSSR count). The van der Waals surface area contributed by atoms with Crippen LogP contribution in [-0.4, -0.2) is 31.6 Å². The van der Waals surface area contributed by atoms with Crippen LogP contribution in [-0.2, 0) is 11.2 Å². The number of amides is 1. The molecule has 1 N–H and O–H groups in total. The maximum atomic E-state index is 12.2. The van der Waals surface area contributed by atoms with Crippen molar-refractivity contribution in [3.63, 3.8) is 0 Å². The number of nitrogens with zero attached hydrogens (tertiary/aromatic N) is 1. The van der Waals surface area contributed by atoms with E-state index in [4.69, 9.17) is 16.3 Å². The number of carbonyl (C=O) groups excluding carboxylic acids is 1. The lowest BCUT2D eigenvalue weighted by molar-refractivity contribution is -0.127. The highest BCUT2D eigenvalue weighted by atomic mass is 35.5. The third kappa shape index (κ3) is 4.70. The number of hydrogen-bond donors (Lipinski definition) is 1. The topological polar surface area (TPSA) is 41.6 Å². The number of ether oxygens (including phenoxy) is 1. The highest BCUT2D eigenvalue weighted by molar-refractivity contribution is 6.32. The van der Waals surface area contributed by atoms with Gasteiger partial charge in [-0.2, -0.15) is 0 Å². The van der Waals surface area contributed by atoms with Crippen molar-refractivity contribution in [3.8, 4) is 5.75 Å². The molecule has 1 heterocycles. The monoisotopic (exact) mass is 372 g/mol. The molecule has 1 aliphatic heterocycles. The standard InChI is InChI=1S/C21H25ClN2O2/c1-16(26-20-12-5-3-10-18(20)22)21(25)23-13-7-15-24-14-6-9-17-8-2-4-11-19(17)24/h2-5,8,10-12,16H,6-7,9,13-15H2,1H3,(H,23,25)/t16-/m1/s1. The molecule has 0 spiro atoms. The molecular formula is C21H25ClN2O2. The summed E-state index contributed by atoms with van der Waals surface area (Å²) in [5.41, 5.74) is 2.75. The highest BCUT2D eigenvalue weighted by Gasteiger charge is 2.17. The molecule has 0 saturated heterocycles. The van der Waals surface area contributed by atoms with Crippen molar-refractivity contribution in [2.75, 3.05) is 24.5 Å².